The van der Waals surface area contributed by atoms with E-state index >= 15 is 0 Å². The first-order valence-electron chi connectivity index (χ1n) is 14.7. The second-order valence-electron chi connectivity index (χ2n) is 10.9. The number of hydrogen-bond acceptors (Lipinski definition) is 12. The monoisotopic (exact) mass is 656 g/mol. The highest BCUT2D eigenvalue weighted by atomic mass is 16.7. The van der Waals surface area contributed by atoms with Crippen LogP contribution in [-0.2, 0) is 52.4 Å². The van der Waals surface area contributed by atoms with Crippen molar-refractivity contribution in [3.8, 4) is 11.1 Å². The number of carboxylic acids is 1. The molecule has 0 aromatic heterocycles. The summed E-state index contributed by atoms with van der Waals surface area (Å²) in [4.78, 5) is 72.6. The molecule has 6 atom stereocenters. The van der Waals surface area contributed by atoms with Gasteiger partial charge in [0.2, 0.25) is 5.91 Å². The van der Waals surface area contributed by atoms with Crippen LogP contribution in [0.2, 0.25) is 0 Å². The molecule has 1 fully saturated rings. The lowest BCUT2D eigenvalue weighted by molar-refractivity contribution is -0.278. The number of nitrogens with one attached hydrogen (secondary N) is 2. The lowest BCUT2D eigenvalue weighted by Gasteiger charge is -2.45. The smallest absolute Gasteiger partial charge is 0.407 e. The van der Waals surface area contributed by atoms with Crippen LogP contribution in [0.5, 0.6) is 0 Å². The molecule has 2 aliphatic rings. The molecule has 252 valence electrons. The van der Waals surface area contributed by atoms with E-state index in [-0.39, 0.29) is 12.5 Å². The Morgan fingerprint density at radius 1 is 0.787 bits per heavy atom. The third kappa shape index (κ3) is 8.83. The summed E-state index contributed by atoms with van der Waals surface area (Å²) in [7, 11) is 0. The SMILES string of the molecule is CC(=O)N[C@@H]1[C@H](OC[C@H](NC(=O)OCC2c3ccccc3-c3ccccc32)C(=O)O)O[C@H](COC(C)=O)[C@H](OC(C)=O)[C@H]1OC(C)=O. The Morgan fingerprint density at radius 2 is 1.36 bits per heavy atom. The Balaban J connectivity index is 1.48. The maximum absolute atomic E-state index is 12.8. The highest BCUT2D eigenvalue weighted by Gasteiger charge is 2.51. The van der Waals surface area contributed by atoms with Gasteiger partial charge < -0.3 is 44.2 Å². The molecule has 15 heteroatoms. The van der Waals surface area contributed by atoms with E-state index in [0.29, 0.717) is 0 Å². The van der Waals surface area contributed by atoms with Crippen molar-refractivity contribution >= 4 is 35.9 Å². The Bertz CT molecular complexity index is 1470. The molecule has 0 saturated carbocycles. The van der Waals surface area contributed by atoms with Gasteiger partial charge in [0.25, 0.3) is 0 Å². The Morgan fingerprint density at radius 3 is 1.89 bits per heavy atom. The third-order valence-electron chi connectivity index (χ3n) is 7.43. The number of alkyl carbamates (subject to hydrolysis) is 1. The molecule has 0 bridgehead atoms. The van der Waals surface area contributed by atoms with Crippen molar-refractivity contribution in [2.24, 2.45) is 0 Å². The molecule has 0 radical (unpaired) electrons. The molecule has 4 rings (SSSR count). The van der Waals surface area contributed by atoms with Gasteiger partial charge in [-0.2, -0.15) is 0 Å². The standard InChI is InChI=1S/C32H36N2O13/c1-16(35)33-27-29(46-19(4)38)28(45-18(3)37)26(15-42-17(2)36)47-31(27)43-14-25(30(39)40)34-32(41)44-13-24-22-11-7-5-9-20(22)21-10-6-8-12-23(21)24/h5-12,24-29,31H,13-15H2,1-4H3,(H,33,35)(H,34,41)(H,39,40)/t25-,26+,27-,28-,29-,31+/m0/s1. The molecular formula is C32H36N2O13. The van der Waals surface area contributed by atoms with Gasteiger partial charge in [-0.1, -0.05) is 48.5 Å². The van der Waals surface area contributed by atoms with Gasteiger partial charge in [-0.25, -0.2) is 9.59 Å². The number of ether oxygens (including phenoxy) is 6. The molecule has 0 spiro atoms. The van der Waals surface area contributed by atoms with Crippen LogP contribution in [-0.4, -0.2) is 97.5 Å². The average Bonchev–Trinajstić information content (AvgIpc) is 3.32. The van der Waals surface area contributed by atoms with E-state index < -0.39 is 85.8 Å². The third-order valence-corrected chi connectivity index (χ3v) is 7.43. The molecule has 2 amide bonds. The van der Waals surface area contributed by atoms with Crippen LogP contribution in [0.25, 0.3) is 11.1 Å². The zero-order chi connectivity index (χ0) is 34.2. The Hall–Kier alpha value is -5.02. The van der Waals surface area contributed by atoms with E-state index in [2.05, 4.69) is 10.6 Å². The summed E-state index contributed by atoms with van der Waals surface area (Å²) < 4.78 is 32.8. The van der Waals surface area contributed by atoms with Crippen LogP contribution in [0.15, 0.2) is 48.5 Å². The Kier molecular flexibility index (Phi) is 11.5. The van der Waals surface area contributed by atoms with Crippen molar-refractivity contribution in [2.45, 2.75) is 70.3 Å². The fourth-order valence-electron chi connectivity index (χ4n) is 5.58. The maximum Gasteiger partial charge on any atom is 0.407 e. The normalized spacial score (nSPS) is 22.1. The van der Waals surface area contributed by atoms with E-state index in [1.165, 1.54) is 0 Å². The summed E-state index contributed by atoms with van der Waals surface area (Å²) in [6.07, 6.45) is -6.58. The topological polar surface area (TPSA) is 202 Å². The highest BCUT2D eigenvalue weighted by molar-refractivity contribution is 5.81. The lowest BCUT2D eigenvalue weighted by Crippen LogP contribution is -2.67. The van der Waals surface area contributed by atoms with Gasteiger partial charge in [-0.15, -0.1) is 0 Å². The molecule has 0 unspecified atom stereocenters. The van der Waals surface area contributed by atoms with Gasteiger partial charge in [0.05, 0.1) is 6.61 Å². The van der Waals surface area contributed by atoms with Crippen LogP contribution in [0.3, 0.4) is 0 Å². The Labute approximate surface area is 269 Å². The molecule has 1 aliphatic carbocycles. The van der Waals surface area contributed by atoms with Crippen molar-refractivity contribution in [3.05, 3.63) is 59.7 Å². The molecule has 2 aromatic carbocycles. The second-order valence-corrected chi connectivity index (χ2v) is 10.9. The van der Waals surface area contributed by atoms with E-state index in [0.717, 1.165) is 49.9 Å². The first kappa shape index (κ1) is 34.8. The fraction of sp³-hybridized carbons (Fsp3) is 0.438. The van der Waals surface area contributed by atoms with Crippen LogP contribution < -0.4 is 10.6 Å². The summed E-state index contributed by atoms with van der Waals surface area (Å²) in [6, 6.07) is 12.5. The predicted octanol–water partition coefficient (Wildman–Crippen LogP) is 1.65. The first-order valence-corrected chi connectivity index (χ1v) is 14.7. The van der Waals surface area contributed by atoms with Crippen molar-refractivity contribution < 1.29 is 62.3 Å². The predicted molar refractivity (Wildman–Crippen MR) is 160 cm³/mol. The fourth-order valence-corrected chi connectivity index (χ4v) is 5.58. The van der Waals surface area contributed by atoms with Crippen LogP contribution in [0.4, 0.5) is 4.79 Å². The first-order chi connectivity index (χ1) is 22.3. The number of amides is 2. The minimum Gasteiger partial charge on any atom is -0.480 e. The lowest BCUT2D eigenvalue weighted by atomic mass is 9.96. The van der Waals surface area contributed by atoms with Crippen LogP contribution in [0, 0.1) is 0 Å². The minimum atomic E-state index is -1.66. The number of aliphatic carboxylic acids is 1. The summed E-state index contributed by atoms with van der Waals surface area (Å²) in [5.74, 6) is -4.65. The summed E-state index contributed by atoms with van der Waals surface area (Å²) in [6.45, 7) is 3.23. The zero-order valence-electron chi connectivity index (χ0n) is 26.1. The van der Waals surface area contributed by atoms with Gasteiger partial charge >= 0.3 is 30.0 Å². The maximum atomic E-state index is 12.8. The molecular weight excluding hydrogens is 620 g/mol. The number of esters is 3. The van der Waals surface area contributed by atoms with Crippen molar-refractivity contribution in [1.82, 2.24) is 10.6 Å². The number of hydrogen-bond donors (Lipinski definition) is 3. The molecule has 3 N–H and O–H groups in total. The number of carboxylic acid groups (broad SMARTS) is 1. The van der Waals surface area contributed by atoms with Gasteiger partial charge in [-0.3, -0.25) is 19.2 Å². The molecule has 2 aromatic rings. The minimum absolute atomic E-state index is 0.0666. The van der Waals surface area contributed by atoms with Crippen LogP contribution >= 0.6 is 0 Å². The summed E-state index contributed by atoms with van der Waals surface area (Å²) in [5, 5.41) is 14.6. The molecule has 1 aliphatic heterocycles. The van der Waals surface area contributed by atoms with Crippen molar-refractivity contribution in [1.29, 1.82) is 0 Å². The molecule has 1 saturated heterocycles. The summed E-state index contributed by atoms with van der Waals surface area (Å²) in [5.41, 5.74) is 3.97. The van der Waals surface area contributed by atoms with E-state index in [1.807, 2.05) is 48.5 Å². The number of benzene rings is 2. The largest absolute Gasteiger partial charge is 0.480 e. The average molecular weight is 657 g/mol. The van der Waals surface area contributed by atoms with Gasteiger partial charge in [0.15, 0.2) is 24.5 Å². The highest BCUT2D eigenvalue weighted by Crippen LogP contribution is 2.44. The van der Waals surface area contributed by atoms with Crippen LogP contribution in [0.1, 0.15) is 44.7 Å². The van der Waals surface area contributed by atoms with Crippen molar-refractivity contribution in [2.75, 3.05) is 19.8 Å². The number of carbonyl (C=O) groups excluding carboxylic acids is 5. The molecule has 47 heavy (non-hydrogen) atoms. The van der Waals surface area contributed by atoms with E-state index in [9.17, 15) is 33.9 Å². The zero-order valence-corrected chi connectivity index (χ0v) is 26.1. The van der Waals surface area contributed by atoms with Crippen molar-refractivity contribution in [3.63, 3.8) is 0 Å². The summed E-state index contributed by atoms with van der Waals surface area (Å²) >= 11 is 0. The van der Waals surface area contributed by atoms with Gasteiger partial charge in [0.1, 0.15) is 25.4 Å². The molecule has 15 nitrogen and oxygen atoms in total. The van der Waals surface area contributed by atoms with Gasteiger partial charge in [0, 0.05) is 33.6 Å². The number of fused-ring (bicyclic) bond motifs is 3. The molecule has 1 heterocycles. The number of carbonyl (C=O) groups is 6. The van der Waals surface area contributed by atoms with Gasteiger partial charge in [-0.05, 0) is 22.3 Å². The van der Waals surface area contributed by atoms with E-state index in [4.69, 9.17) is 28.4 Å². The second kappa shape index (κ2) is 15.5. The quantitative estimate of drug-likeness (QED) is 0.220. The van der Waals surface area contributed by atoms with E-state index in [1.54, 1.807) is 0 Å². The number of rotatable bonds is 12.